The normalized spacial score (nSPS) is 15.4. The average Bonchev–Trinajstić information content (AvgIpc) is 2.79. The zero-order valence-electron chi connectivity index (χ0n) is 13.0. The largest absolute Gasteiger partial charge is 0.469 e. The van der Waals surface area contributed by atoms with Gasteiger partial charge < -0.3 is 14.6 Å². The summed E-state index contributed by atoms with van der Waals surface area (Å²) in [4.78, 5) is 14.8. The fourth-order valence-electron chi connectivity index (χ4n) is 2.98. The molecule has 1 aromatic carbocycles. The number of amides is 1. The van der Waals surface area contributed by atoms with Crippen LogP contribution in [0.3, 0.4) is 0 Å². The van der Waals surface area contributed by atoms with Crippen LogP contribution < -0.4 is 10.2 Å². The van der Waals surface area contributed by atoms with Crippen LogP contribution in [0.4, 0.5) is 11.4 Å². The summed E-state index contributed by atoms with van der Waals surface area (Å²) in [5.41, 5.74) is 2.57. The number of para-hydroxylation sites is 2. The van der Waals surface area contributed by atoms with Gasteiger partial charge in [0.1, 0.15) is 5.76 Å². The molecule has 1 N–H and O–H groups in total. The molecule has 4 nitrogen and oxygen atoms in total. The van der Waals surface area contributed by atoms with Gasteiger partial charge in [-0.05, 0) is 38.0 Å². The van der Waals surface area contributed by atoms with Gasteiger partial charge in [-0.15, -0.1) is 0 Å². The maximum absolute atomic E-state index is 12.4. The average molecular weight is 298 g/mol. The van der Waals surface area contributed by atoms with Gasteiger partial charge in [0, 0.05) is 13.1 Å². The van der Waals surface area contributed by atoms with Crippen LogP contribution in [-0.4, -0.2) is 19.0 Å². The Kier molecular flexibility index (Phi) is 4.47. The Morgan fingerprint density at radius 1 is 1.09 bits per heavy atom. The maximum Gasteiger partial charge on any atom is 0.259 e. The Morgan fingerprint density at radius 2 is 1.82 bits per heavy atom. The second kappa shape index (κ2) is 6.69. The van der Waals surface area contributed by atoms with Gasteiger partial charge in [-0.1, -0.05) is 25.0 Å². The number of rotatable bonds is 3. The molecule has 0 aliphatic carbocycles. The van der Waals surface area contributed by atoms with E-state index in [2.05, 4.69) is 16.3 Å². The smallest absolute Gasteiger partial charge is 0.259 e. The Balaban J connectivity index is 1.82. The lowest BCUT2D eigenvalue weighted by atomic mass is 10.2. The van der Waals surface area contributed by atoms with Crippen LogP contribution in [0.15, 0.2) is 41.0 Å². The Morgan fingerprint density at radius 3 is 2.50 bits per heavy atom. The van der Waals surface area contributed by atoms with Crippen LogP contribution in [0.2, 0.25) is 0 Å². The zero-order chi connectivity index (χ0) is 15.4. The van der Waals surface area contributed by atoms with Gasteiger partial charge in [0.2, 0.25) is 0 Å². The van der Waals surface area contributed by atoms with Crippen molar-refractivity contribution in [1.29, 1.82) is 0 Å². The highest BCUT2D eigenvalue weighted by atomic mass is 16.3. The Hall–Kier alpha value is -2.23. The van der Waals surface area contributed by atoms with E-state index in [1.165, 1.54) is 25.7 Å². The minimum Gasteiger partial charge on any atom is -0.469 e. The summed E-state index contributed by atoms with van der Waals surface area (Å²) in [5.74, 6) is 0.526. The lowest BCUT2D eigenvalue weighted by Gasteiger charge is -2.25. The molecule has 0 spiro atoms. The van der Waals surface area contributed by atoms with E-state index in [1.807, 2.05) is 18.2 Å². The Bertz CT molecular complexity index is 640. The first kappa shape index (κ1) is 14.7. The van der Waals surface area contributed by atoms with E-state index in [1.54, 1.807) is 19.3 Å². The monoisotopic (exact) mass is 298 g/mol. The van der Waals surface area contributed by atoms with Gasteiger partial charge in [0.25, 0.3) is 5.91 Å². The van der Waals surface area contributed by atoms with Crippen molar-refractivity contribution in [3.8, 4) is 0 Å². The molecule has 0 unspecified atom stereocenters. The molecule has 1 saturated heterocycles. The van der Waals surface area contributed by atoms with Crippen molar-refractivity contribution in [2.24, 2.45) is 0 Å². The fraction of sp³-hybridized carbons (Fsp3) is 0.389. The maximum atomic E-state index is 12.4. The van der Waals surface area contributed by atoms with Crippen molar-refractivity contribution in [2.75, 3.05) is 23.3 Å². The number of hydrogen-bond donors (Lipinski definition) is 1. The molecular weight excluding hydrogens is 276 g/mol. The molecule has 1 fully saturated rings. The van der Waals surface area contributed by atoms with E-state index >= 15 is 0 Å². The number of anilines is 2. The SMILES string of the molecule is Cc1occc1C(=O)Nc1ccccc1N1CCCCCC1. The van der Waals surface area contributed by atoms with Crippen molar-refractivity contribution in [2.45, 2.75) is 32.6 Å². The van der Waals surface area contributed by atoms with Gasteiger partial charge in [-0.2, -0.15) is 0 Å². The molecule has 0 saturated carbocycles. The summed E-state index contributed by atoms with van der Waals surface area (Å²) < 4.78 is 5.22. The quantitative estimate of drug-likeness (QED) is 0.922. The highest BCUT2D eigenvalue weighted by molar-refractivity contribution is 6.06. The van der Waals surface area contributed by atoms with Crippen molar-refractivity contribution in [3.05, 3.63) is 47.9 Å². The first-order valence-electron chi connectivity index (χ1n) is 7.95. The first-order valence-corrected chi connectivity index (χ1v) is 7.95. The lowest BCUT2D eigenvalue weighted by Crippen LogP contribution is -2.25. The number of nitrogens with zero attached hydrogens (tertiary/aromatic N) is 1. The van der Waals surface area contributed by atoms with Gasteiger partial charge in [-0.25, -0.2) is 0 Å². The second-order valence-electron chi connectivity index (χ2n) is 5.76. The van der Waals surface area contributed by atoms with Gasteiger partial charge in [0.15, 0.2) is 0 Å². The summed E-state index contributed by atoms with van der Waals surface area (Å²) in [5, 5.41) is 3.03. The third-order valence-electron chi connectivity index (χ3n) is 4.20. The Labute approximate surface area is 131 Å². The minimum atomic E-state index is -0.117. The molecule has 3 rings (SSSR count). The zero-order valence-corrected chi connectivity index (χ0v) is 13.0. The van der Waals surface area contributed by atoms with E-state index in [0.29, 0.717) is 11.3 Å². The van der Waals surface area contributed by atoms with Crippen molar-refractivity contribution in [3.63, 3.8) is 0 Å². The third-order valence-corrected chi connectivity index (χ3v) is 4.20. The van der Waals surface area contributed by atoms with E-state index in [0.717, 1.165) is 24.5 Å². The molecule has 2 aromatic rings. The molecule has 1 aromatic heterocycles. The molecule has 1 amide bonds. The fourth-order valence-corrected chi connectivity index (χ4v) is 2.98. The number of hydrogen-bond acceptors (Lipinski definition) is 3. The van der Waals surface area contributed by atoms with Gasteiger partial charge in [-0.3, -0.25) is 4.79 Å². The summed E-state index contributed by atoms with van der Waals surface area (Å²) in [6, 6.07) is 9.74. The minimum absolute atomic E-state index is 0.117. The van der Waals surface area contributed by atoms with Gasteiger partial charge in [0.05, 0.1) is 23.2 Å². The van der Waals surface area contributed by atoms with E-state index in [4.69, 9.17) is 4.42 Å². The molecule has 4 heteroatoms. The van der Waals surface area contributed by atoms with Crippen LogP contribution in [0.25, 0.3) is 0 Å². The van der Waals surface area contributed by atoms with Crippen LogP contribution in [0.5, 0.6) is 0 Å². The summed E-state index contributed by atoms with van der Waals surface area (Å²) in [6.07, 6.45) is 6.55. The molecule has 1 aliphatic heterocycles. The number of benzene rings is 1. The molecule has 0 radical (unpaired) electrons. The standard InChI is InChI=1S/C18H22N2O2/c1-14-15(10-13-22-14)18(21)19-16-8-4-5-9-17(16)20-11-6-2-3-7-12-20/h4-5,8-10,13H,2-3,6-7,11-12H2,1H3,(H,19,21). The van der Waals surface area contributed by atoms with Crippen LogP contribution in [0.1, 0.15) is 41.8 Å². The highest BCUT2D eigenvalue weighted by Gasteiger charge is 2.17. The first-order chi connectivity index (χ1) is 10.8. The second-order valence-corrected chi connectivity index (χ2v) is 5.76. The summed E-state index contributed by atoms with van der Waals surface area (Å²) >= 11 is 0. The van der Waals surface area contributed by atoms with Crippen LogP contribution in [-0.2, 0) is 0 Å². The highest BCUT2D eigenvalue weighted by Crippen LogP contribution is 2.28. The molecule has 0 atom stereocenters. The van der Waals surface area contributed by atoms with Crippen LogP contribution in [0, 0.1) is 6.92 Å². The molecule has 1 aliphatic rings. The van der Waals surface area contributed by atoms with E-state index in [-0.39, 0.29) is 5.91 Å². The van der Waals surface area contributed by atoms with Crippen molar-refractivity contribution in [1.82, 2.24) is 0 Å². The van der Waals surface area contributed by atoms with E-state index in [9.17, 15) is 4.79 Å². The molecule has 0 bridgehead atoms. The molecular formula is C18H22N2O2. The summed E-state index contributed by atoms with van der Waals surface area (Å²) in [6.45, 7) is 3.91. The molecule has 2 heterocycles. The van der Waals surface area contributed by atoms with Crippen LogP contribution >= 0.6 is 0 Å². The number of carbonyl (C=O) groups is 1. The lowest BCUT2D eigenvalue weighted by molar-refractivity contribution is 0.102. The number of nitrogens with one attached hydrogen (secondary N) is 1. The van der Waals surface area contributed by atoms with Gasteiger partial charge >= 0.3 is 0 Å². The van der Waals surface area contributed by atoms with Crippen molar-refractivity contribution < 1.29 is 9.21 Å². The number of carbonyl (C=O) groups excluding carboxylic acids is 1. The van der Waals surface area contributed by atoms with E-state index < -0.39 is 0 Å². The predicted octanol–water partition coefficient (Wildman–Crippen LogP) is 4.22. The molecule has 116 valence electrons. The number of aryl methyl sites for hydroxylation is 1. The topological polar surface area (TPSA) is 45.5 Å². The third kappa shape index (κ3) is 3.16. The molecule has 22 heavy (non-hydrogen) atoms. The van der Waals surface area contributed by atoms with Crippen molar-refractivity contribution >= 4 is 17.3 Å². The summed E-state index contributed by atoms with van der Waals surface area (Å²) in [7, 11) is 0. The predicted molar refractivity (Wildman–Crippen MR) is 88.5 cm³/mol. The number of furan rings is 1.